The van der Waals surface area contributed by atoms with E-state index in [9.17, 15) is 9.59 Å². The van der Waals surface area contributed by atoms with Gasteiger partial charge < -0.3 is 9.15 Å². The fourth-order valence-electron chi connectivity index (χ4n) is 4.29. The number of hydrogen-bond donors (Lipinski definition) is 0. The number of esters is 1. The first-order chi connectivity index (χ1) is 16.1. The van der Waals surface area contributed by atoms with Crippen LogP contribution < -0.4 is 5.43 Å². The summed E-state index contributed by atoms with van der Waals surface area (Å²) in [6.07, 6.45) is 3.98. The van der Waals surface area contributed by atoms with Gasteiger partial charge >= 0.3 is 5.97 Å². The van der Waals surface area contributed by atoms with Crippen LogP contribution in [0.4, 0.5) is 0 Å². The number of aromatic nitrogens is 3. The van der Waals surface area contributed by atoms with Crippen LogP contribution in [0.15, 0.2) is 64.1 Å². The lowest BCUT2D eigenvalue weighted by Gasteiger charge is -2.27. The van der Waals surface area contributed by atoms with Gasteiger partial charge in [-0.25, -0.2) is 4.79 Å². The summed E-state index contributed by atoms with van der Waals surface area (Å²) in [7, 11) is 0. The maximum absolute atomic E-state index is 12.9. The molecule has 1 aliphatic heterocycles. The van der Waals surface area contributed by atoms with Crippen molar-refractivity contribution in [3.05, 3.63) is 93.4 Å². The van der Waals surface area contributed by atoms with Crippen LogP contribution in [0.2, 0.25) is 0 Å². The number of carbonyl (C=O) groups excluding carboxylic acids is 1. The minimum atomic E-state index is -0.430. The average molecular weight is 444 g/mol. The van der Waals surface area contributed by atoms with Gasteiger partial charge in [-0.05, 0) is 31.2 Å². The zero-order valence-electron chi connectivity index (χ0n) is 18.4. The summed E-state index contributed by atoms with van der Waals surface area (Å²) < 4.78 is 12.8. The Labute approximate surface area is 190 Å². The molecule has 0 amide bonds. The fraction of sp³-hybridized carbons (Fsp3) is 0.280. The molecule has 4 heterocycles. The Morgan fingerprint density at radius 2 is 2.00 bits per heavy atom. The average Bonchev–Trinajstić information content (AvgIpc) is 3.19. The molecule has 0 aliphatic carbocycles. The molecule has 8 nitrogen and oxygen atoms in total. The molecule has 0 unspecified atom stereocenters. The van der Waals surface area contributed by atoms with Gasteiger partial charge in [0.15, 0.2) is 11.1 Å². The van der Waals surface area contributed by atoms with Crippen LogP contribution in [0.5, 0.6) is 0 Å². The Morgan fingerprint density at radius 3 is 2.82 bits per heavy atom. The van der Waals surface area contributed by atoms with Gasteiger partial charge in [0.25, 0.3) is 0 Å². The molecule has 0 radical (unpaired) electrons. The quantitative estimate of drug-likeness (QED) is 0.422. The molecule has 0 atom stereocenters. The van der Waals surface area contributed by atoms with Crippen molar-refractivity contribution in [1.29, 1.82) is 0 Å². The first-order valence-corrected chi connectivity index (χ1v) is 11.0. The van der Waals surface area contributed by atoms with Gasteiger partial charge in [0, 0.05) is 49.1 Å². The number of ether oxygens (including phenoxy) is 1. The van der Waals surface area contributed by atoms with Crippen molar-refractivity contribution in [1.82, 2.24) is 19.7 Å². The lowest BCUT2D eigenvalue weighted by molar-refractivity contribution is 0.0515. The van der Waals surface area contributed by atoms with Crippen LogP contribution in [-0.4, -0.2) is 38.8 Å². The minimum Gasteiger partial charge on any atom is -0.464 e. The number of pyridine rings is 1. The summed E-state index contributed by atoms with van der Waals surface area (Å²) in [5.74, 6) is -0.430. The summed E-state index contributed by atoms with van der Waals surface area (Å²) in [4.78, 5) is 32.1. The number of carbonyl (C=O) groups is 1. The van der Waals surface area contributed by atoms with Gasteiger partial charge in [0.05, 0.1) is 30.5 Å². The first-order valence-electron chi connectivity index (χ1n) is 11.0. The van der Waals surface area contributed by atoms with E-state index in [2.05, 4.69) is 15.0 Å². The minimum absolute atomic E-state index is 0.0286. The van der Waals surface area contributed by atoms with Crippen LogP contribution in [-0.2, 0) is 30.8 Å². The molecule has 0 spiro atoms. The monoisotopic (exact) mass is 444 g/mol. The molecule has 33 heavy (non-hydrogen) atoms. The summed E-state index contributed by atoms with van der Waals surface area (Å²) in [6, 6.07) is 13.0. The van der Waals surface area contributed by atoms with E-state index in [-0.39, 0.29) is 12.0 Å². The van der Waals surface area contributed by atoms with Crippen molar-refractivity contribution in [3.8, 4) is 0 Å². The topological polar surface area (TPSA) is 90.5 Å². The zero-order valence-corrected chi connectivity index (χ0v) is 18.4. The Kier molecular flexibility index (Phi) is 5.75. The van der Waals surface area contributed by atoms with Gasteiger partial charge in [0.2, 0.25) is 0 Å². The number of para-hydroxylation sites is 1. The lowest BCUT2D eigenvalue weighted by Crippen LogP contribution is -2.33. The number of nitrogens with zero attached hydrogens (tertiary/aromatic N) is 4. The highest BCUT2D eigenvalue weighted by Gasteiger charge is 2.29. The van der Waals surface area contributed by atoms with E-state index < -0.39 is 5.97 Å². The molecule has 0 N–H and O–H groups in total. The Bertz CT molecular complexity index is 1360. The predicted molar refractivity (Wildman–Crippen MR) is 122 cm³/mol. The number of rotatable bonds is 6. The Hall–Kier alpha value is -3.78. The van der Waals surface area contributed by atoms with Crippen LogP contribution >= 0.6 is 0 Å². The van der Waals surface area contributed by atoms with Crippen molar-refractivity contribution in [3.63, 3.8) is 0 Å². The molecule has 0 saturated heterocycles. The molecule has 5 rings (SSSR count). The highest BCUT2D eigenvalue weighted by atomic mass is 16.5. The number of hydrogen-bond acceptors (Lipinski definition) is 7. The molecule has 168 valence electrons. The second kappa shape index (κ2) is 8.99. The normalized spacial score (nSPS) is 13.7. The van der Waals surface area contributed by atoms with Crippen molar-refractivity contribution < 1.29 is 13.9 Å². The third kappa shape index (κ3) is 4.17. The van der Waals surface area contributed by atoms with E-state index in [1.54, 1.807) is 25.3 Å². The largest absolute Gasteiger partial charge is 0.464 e. The SMILES string of the molecule is CCOC(=O)c1nn(Cc2ccccn2)c2c1CN(Cc1coc3ccccc3c1=O)CC2. The second-order valence-electron chi connectivity index (χ2n) is 8.02. The lowest BCUT2D eigenvalue weighted by atomic mass is 10.0. The molecule has 8 heteroatoms. The molecular weight excluding hydrogens is 420 g/mol. The maximum atomic E-state index is 12.9. The summed E-state index contributed by atoms with van der Waals surface area (Å²) in [6.45, 7) is 4.20. The molecule has 1 aliphatic rings. The molecule has 4 aromatic rings. The summed E-state index contributed by atoms with van der Waals surface area (Å²) in [5, 5.41) is 5.17. The molecule has 3 aromatic heterocycles. The van der Waals surface area contributed by atoms with E-state index in [1.165, 1.54) is 6.26 Å². The zero-order chi connectivity index (χ0) is 22.8. The van der Waals surface area contributed by atoms with Crippen LogP contribution in [0, 0.1) is 0 Å². The van der Waals surface area contributed by atoms with Gasteiger partial charge in [-0.1, -0.05) is 18.2 Å². The van der Waals surface area contributed by atoms with E-state index in [0.717, 1.165) is 23.5 Å². The van der Waals surface area contributed by atoms with Crippen LogP contribution in [0.3, 0.4) is 0 Å². The van der Waals surface area contributed by atoms with Crippen LogP contribution in [0.1, 0.15) is 39.9 Å². The van der Waals surface area contributed by atoms with Crippen molar-refractivity contribution in [2.45, 2.75) is 33.0 Å². The van der Waals surface area contributed by atoms with Crippen molar-refractivity contribution >= 4 is 16.9 Å². The highest BCUT2D eigenvalue weighted by Crippen LogP contribution is 2.25. The first kappa shape index (κ1) is 21.1. The van der Waals surface area contributed by atoms with Crippen LogP contribution in [0.25, 0.3) is 11.0 Å². The standard InChI is InChI=1S/C25H24N4O4/c1-2-32-25(31)23-20-15-28(13-17-16-33-22-9-4-3-8-19(22)24(17)30)12-10-21(20)29(27-23)14-18-7-5-6-11-26-18/h3-9,11,16H,2,10,12-15H2,1H3. The molecule has 0 bridgehead atoms. The second-order valence-corrected chi connectivity index (χ2v) is 8.02. The number of benzene rings is 1. The fourth-order valence-corrected chi connectivity index (χ4v) is 4.29. The number of fused-ring (bicyclic) bond motifs is 2. The third-order valence-corrected chi connectivity index (χ3v) is 5.87. The Morgan fingerprint density at radius 1 is 1.15 bits per heavy atom. The van der Waals surface area contributed by atoms with E-state index in [4.69, 9.17) is 9.15 Å². The van der Waals surface area contributed by atoms with E-state index >= 15 is 0 Å². The molecule has 0 fully saturated rings. The summed E-state index contributed by atoms with van der Waals surface area (Å²) >= 11 is 0. The molecule has 0 saturated carbocycles. The Balaban J connectivity index is 1.44. The van der Waals surface area contributed by atoms with E-state index in [1.807, 2.05) is 35.0 Å². The van der Waals surface area contributed by atoms with Gasteiger partial charge in [-0.3, -0.25) is 19.4 Å². The van der Waals surface area contributed by atoms with Crippen molar-refractivity contribution in [2.24, 2.45) is 0 Å². The van der Waals surface area contributed by atoms with Crippen molar-refractivity contribution in [2.75, 3.05) is 13.2 Å². The maximum Gasteiger partial charge on any atom is 0.359 e. The van der Waals surface area contributed by atoms with Gasteiger partial charge in [0.1, 0.15) is 5.58 Å². The highest BCUT2D eigenvalue weighted by molar-refractivity contribution is 5.89. The van der Waals surface area contributed by atoms with Gasteiger partial charge in [-0.2, -0.15) is 5.10 Å². The third-order valence-electron chi connectivity index (χ3n) is 5.87. The predicted octanol–water partition coefficient (Wildman–Crippen LogP) is 3.17. The molecular formula is C25H24N4O4. The van der Waals surface area contributed by atoms with Gasteiger partial charge in [-0.15, -0.1) is 0 Å². The van der Waals surface area contributed by atoms with E-state index in [0.29, 0.717) is 48.3 Å². The molecule has 1 aromatic carbocycles. The smallest absolute Gasteiger partial charge is 0.359 e. The summed E-state index contributed by atoms with van der Waals surface area (Å²) in [5.41, 5.74) is 4.20.